The van der Waals surface area contributed by atoms with Crippen LogP contribution < -0.4 is 0 Å². The molecule has 0 atom stereocenters. The maximum Gasteiger partial charge on any atom is 0.272 e. The first kappa shape index (κ1) is 20.2. The van der Waals surface area contributed by atoms with Crippen molar-refractivity contribution in [2.45, 2.75) is 47.0 Å². The number of halogens is 3. The average molecular weight is 354 g/mol. The summed E-state index contributed by atoms with van der Waals surface area (Å²) in [5.74, 6) is -3.47. The zero-order valence-electron chi connectivity index (χ0n) is 14.6. The van der Waals surface area contributed by atoms with Crippen molar-refractivity contribution in [3.8, 4) is 0 Å². The third-order valence-corrected chi connectivity index (χ3v) is 3.70. The minimum Gasteiger partial charge on any atom is -0.293 e. The van der Waals surface area contributed by atoms with Crippen LogP contribution in [0, 0.1) is 0 Å². The van der Waals surface area contributed by atoms with E-state index in [1.807, 2.05) is 18.2 Å². The SMILES string of the molecule is C\C=C(/C=C(\C(C)=N\C(C(C)=O)=C(/C)Cl)C(C)(F)F)C1=CCC=C1. The van der Waals surface area contributed by atoms with Crippen molar-refractivity contribution in [3.05, 3.63) is 57.8 Å². The van der Waals surface area contributed by atoms with Gasteiger partial charge in [-0.05, 0) is 44.4 Å². The second-order valence-corrected chi connectivity index (χ2v) is 6.19. The van der Waals surface area contributed by atoms with E-state index >= 15 is 0 Å². The quantitative estimate of drug-likeness (QED) is 0.331. The topological polar surface area (TPSA) is 29.4 Å². The van der Waals surface area contributed by atoms with Gasteiger partial charge < -0.3 is 0 Å². The number of hydrogen-bond acceptors (Lipinski definition) is 2. The van der Waals surface area contributed by atoms with Crippen LogP contribution in [0.15, 0.2) is 62.8 Å². The van der Waals surface area contributed by atoms with E-state index in [-0.39, 0.29) is 27.8 Å². The lowest BCUT2D eigenvalue weighted by Gasteiger charge is -2.17. The molecule has 0 aliphatic heterocycles. The largest absolute Gasteiger partial charge is 0.293 e. The standard InChI is InChI=1S/C19H22ClF2NO/c1-6-15(16-9-7-8-10-16)11-17(19(5,21)22)13(3)23-18(12(2)20)14(4)24/h6-7,9-11H,8H2,1-5H3/b15-6+,17-11+,18-12+,23-13+. The highest BCUT2D eigenvalue weighted by Crippen LogP contribution is 2.29. The fraction of sp³-hybridized carbons (Fsp3) is 0.368. The molecule has 130 valence electrons. The number of allylic oxidation sites excluding steroid dienone is 10. The molecule has 0 saturated heterocycles. The molecular formula is C19H22ClF2NO. The number of alkyl halides is 2. The van der Waals surface area contributed by atoms with Gasteiger partial charge in [-0.2, -0.15) is 0 Å². The number of hydrogen-bond donors (Lipinski definition) is 0. The highest BCUT2D eigenvalue weighted by atomic mass is 35.5. The highest BCUT2D eigenvalue weighted by molar-refractivity contribution is 6.31. The molecule has 0 amide bonds. The van der Waals surface area contributed by atoms with E-state index < -0.39 is 5.92 Å². The zero-order chi connectivity index (χ0) is 18.5. The average Bonchev–Trinajstić information content (AvgIpc) is 2.97. The lowest BCUT2D eigenvalue weighted by atomic mass is 9.98. The molecule has 0 aromatic rings. The number of ketones is 1. The molecule has 0 unspecified atom stereocenters. The molecule has 1 aliphatic carbocycles. The fourth-order valence-electron chi connectivity index (χ4n) is 2.34. The molecular weight excluding hydrogens is 332 g/mol. The van der Waals surface area contributed by atoms with Crippen LogP contribution >= 0.6 is 11.6 Å². The van der Waals surface area contributed by atoms with Gasteiger partial charge in [-0.1, -0.05) is 35.9 Å². The lowest BCUT2D eigenvalue weighted by molar-refractivity contribution is -0.113. The summed E-state index contributed by atoms with van der Waals surface area (Å²) >= 11 is 5.85. The summed E-state index contributed by atoms with van der Waals surface area (Å²) in [5.41, 5.74) is 1.39. The molecule has 24 heavy (non-hydrogen) atoms. The monoisotopic (exact) mass is 353 g/mol. The molecule has 0 aromatic heterocycles. The van der Waals surface area contributed by atoms with Gasteiger partial charge in [-0.3, -0.25) is 4.79 Å². The second kappa shape index (κ2) is 8.34. The molecule has 5 heteroatoms. The first-order valence-electron chi connectivity index (χ1n) is 7.64. The van der Waals surface area contributed by atoms with E-state index in [1.54, 1.807) is 13.0 Å². The van der Waals surface area contributed by atoms with Crippen LogP contribution in [0.5, 0.6) is 0 Å². The molecule has 0 bridgehead atoms. The smallest absolute Gasteiger partial charge is 0.272 e. The Bertz CT molecular complexity index is 697. The van der Waals surface area contributed by atoms with Gasteiger partial charge in [0.15, 0.2) is 5.78 Å². The lowest BCUT2D eigenvalue weighted by Crippen LogP contribution is -2.21. The van der Waals surface area contributed by atoms with Gasteiger partial charge in [-0.15, -0.1) is 0 Å². The van der Waals surface area contributed by atoms with E-state index in [9.17, 15) is 13.6 Å². The highest BCUT2D eigenvalue weighted by Gasteiger charge is 2.30. The van der Waals surface area contributed by atoms with Crippen LogP contribution in [0.4, 0.5) is 8.78 Å². The minimum absolute atomic E-state index is 0.00803. The predicted octanol–water partition coefficient (Wildman–Crippen LogP) is 5.92. The van der Waals surface area contributed by atoms with Gasteiger partial charge in [0.2, 0.25) is 0 Å². The Balaban J connectivity index is 3.43. The molecule has 2 nitrogen and oxygen atoms in total. The Labute approximate surface area is 147 Å². The molecule has 0 aromatic carbocycles. The van der Waals surface area contributed by atoms with Gasteiger partial charge in [0.05, 0.1) is 0 Å². The van der Waals surface area contributed by atoms with Crippen LogP contribution in [0.1, 0.15) is 41.0 Å². The summed E-state index contributed by atoms with van der Waals surface area (Å²) < 4.78 is 28.3. The molecule has 0 radical (unpaired) electrons. The van der Waals surface area contributed by atoms with Crippen molar-refractivity contribution in [1.29, 1.82) is 0 Å². The first-order chi connectivity index (χ1) is 11.1. The van der Waals surface area contributed by atoms with Crippen LogP contribution in [0.2, 0.25) is 0 Å². The van der Waals surface area contributed by atoms with Gasteiger partial charge in [0.25, 0.3) is 5.92 Å². The second-order valence-electron chi connectivity index (χ2n) is 5.62. The molecule has 0 fully saturated rings. The van der Waals surface area contributed by atoms with E-state index in [2.05, 4.69) is 4.99 Å². The number of nitrogens with zero attached hydrogens (tertiary/aromatic N) is 1. The van der Waals surface area contributed by atoms with E-state index in [0.717, 1.165) is 18.9 Å². The molecule has 0 heterocycles. The van der Waals surface area contributed by atoms with Crippen molar-refractivity contribution in [2.75, 3.05) is 0 Å². The molecule has 0 N–H and O–H groups in total. The minimum atomic E-state index is -3.10. The third-order valence-electron chi connectivity index (χ3n) is 3.52. The summed E-state index contributed by atoms with van der Waals surface area (Å²) in [6, 6.07) is 0. The van der Waals surface area contributed by atoms with E-state index in [4.69, 9.17) is 11.6 Å². The number of Topliss-reactive ketones (excluding diaryl/α,β-unsaturated/α-hetero) is 1. The Kier molecular flexibility index (Phi) is 7.03. The molecule has 1 aliphatic rings. The van der Waals surface area contributed by atoms with Gasteiger partial charge in [0, 0.05) is 30.2 Å². The van der Waals surface area contributed by atoms with Crippen LogP contribution in [0.25, 0.3) is 0 Å². The number of rotatable bonds is 6. The normalized spacial score (nSPS) is 17.8. The van der Waals surface area contributed by atoms with Crippen molar-refractivity contribution < 1.29 is 13.6 Å². The van der Waals surface area contributed by atoms with Crippen LogP contribution in [-0.2, 0) is 4.79 Å². The predicted molar refractivity (Wildman–Crippen MR) is 96.6 cm³/mol. The molecule has 1 rings (SSSR count). The summed E-state index contributed by atoms with van der Waals surface area (Å²) in [4.78, 5) is 15.7. The summed E-state index contributed by atoms with van der Waals surface area (Å²) in [7, 11) is 0. The number of carbonyl (C=O) groups is 1. The van der Waals surface area contributed by atoms with Crippen molar-refractivity contribution in [2.24, 2.45) is 4.99 Å². The first-order valence-corrected chi connectivity index (χ1v) is 8.02. The number of aliphatic imine (C=N–C) groups is 1. The maximum absolute atomic E-state index is 14.1. The van der Waals surface area contributed by atoms with Gasteiger partial charge in [-0.25, -0.2) is 13.8 Å². The van der Waals surface area contributed by atoms with Crippen molar-refractivity contribution in [3.63, 3.8) is 0 Å². The van der Waals surface area contributed by atoms with Crippen LogP contribution in [0.3, 0.4) is 0 Å². The Morgan fingerprint density at radius 1 is 1.33 bits per heavy atom. The summed E-state index contributed by atoms with van der Waals surface area (Å²) in [6.45, 7) is 6.87. The van der Waals surface area contributed by atoms with Crippen molar-refractivity contribution >= 4 is 23.1 Å². The third kappa shape index (κ3) is 5.38. The Morgan fingerprint density at radius 2 is 1.96 bits per heavy atom. The fourth-order valence-corrected chi connectivity index (χ4v) is 2.51. The van der Waals surface area contributed by atoms with Crippen molar-refractivity contribution in [1.82, 2.24) is 0 Å². The van der Waals surface area contributed by atoms with E-state index in [0.29, 0.717) is 5.57 Å². The number of carbonyl (C=O) groups excluding carboxylic acids is 1. The molecule has 0 spiro atoms. The molecule has 0 saturated carbocycles. The van der Waals surface area contributed by atoms with Crippen LogP contribution in [-0.4, -0.2) is 17.4 Å². The Hall–Kier alpha value is -1.81. The van der Waals surface area contributed by atoms with E-state index in [1.165, 1.54) is 26.8 Å². The summed E-state index contributed by atoms with van der Waals surface area (Å²) in [5, 5.41) is 0.174. The van der Waals surface area contributed by atoms with Gasteiger partial charge >= 0.3 is 0 Å². The zero-order valence-corrected chi connectivity index (χ0v) is 15.3. The Morgan fingerprint density at radius 3 is 2.33 bits per heavy atom. The van der Waals surface area contributed by atoms with Gasteiger partial charge in [0.1, 0.15) is 5.70 Å². The summed E-state index contributed by atoms with van der Waals surface area (Å²) in [6.07, 6.45) is 9.80. The maximum atomic E-state index is 14.1.